The molecule has 28 heavy (non-hydrogen) atoms. The van der Waals surface area contributed by atoms with Crippen molar-refractivity contribution < 1.29 is 23.9 Å². The van der Waals surface area contributed by atoms with E-state index in [1.165, 1.54) is 5.56 Å². The minimum Gasteiger partial charge on any atom is -0.465 e. The molecule has 2 aliphatic rings. The zero-order valence-electron chi connectivity index (χ0n) is 15.2. The van der Waals surface area contributed by atoms with Crippen LogP contribution in [-0.2, 0) is 19.1 Å². The van der Waals surface area contributed by atoms with Gasteiger partial charge in [-0.2, -0.15) is 4.79 Å². The summed E-state index contributed by atoms with van der Waals surface area (Å²) in [5.41, 5.74) is 10.3. The molecule has 142 valence electrons. The summed E-state index contributed by atoms with van der Waals surface area (Å²) < 4.78 is 9.60. The largest absolute Gasteiger partial charge is 0.465 e. The van der Waals surface area contributed by atoms with E-state index in [9.17, 15) is 9.59 Å². The average molecular weight is 376 g/mol. The quantitative estimate of drug-likeness (QED) is 0.347. The summed E-state index contributed by atoms with van der Waals surface area (Å²) in [6.45, 7) is 0.781. The molecule has 1 saturated carbocycles. The van der Waals surface area contributed by atoms with Crippen molar-refractivity contribution in [2.75, 3.05) is 13.2 Å². The highest BCUT2D eigenvalue weighted by atomic mass is 16.5. The second-order valence-electron chi connectivity index (χ2n) is 6.44. The summed E-state index contributed by atoms with van der Waals surface area (Å²) in [6, 6.07) is 19.9. The van der Waals surface area contributed by atoms with Gasteiger partial charge in [0.25, 0.3) is 0 Å². The molecule has 1 aliphatic carbocycles. The zero-order valence-corrected chi connectivity index (χ0v) is 15.2. The Hall–Kier alpha value is -3.50. The first-order valence-electron chi connectivity index (χ1n) is 8.98. The molecule has 3 unspecified atom stereocenters. The highest BCUT2D eigenvalue weighted by Crippen LogP contribution is 2.57. The zero-order chi connectivity index (χ0) is 19.8. The number of cyclic esters (lactones) is 1. The van der Waals surface area contributed by atoms with Crippen LogP contribution in [0.25, 0.3) is 11.6 Å². The summed E-state index contributed by atoms with van der Waals surface area (Å²) in [5, 5.41) is 0. The highest BCUT2D eigenvalue weighted by molar-refractivity contribution is 6.20. The van der Waals surface area contributed by atoms with Gasteiger partial charge in [-0.05, 0) is 17.2 Å². The molecular formula is C22H20N2O4. The molecule has 0 spiro atoms. The molecular weight excluding hydrogens is 356 g/mol. The van der Waals surface area contributed by atoms with E-state index in [0.717, 1.165) is 5.56 Å². The first-order chi connectivity index (χ1) is 13.7. The first kappa shape index (κ1) is 19.3. The van der Waals surface area contributed by atoms with Gasteiger partial charge in [-0.15, -0.1) is 0 Å². The summed E-state index contributed by atoms with van der Waals surface area (Å²) in [5.74, 6) is 0.411. The molecule has 6 heteroatoms. The SMILES string of the molecule is O=C1OCC2C1C2c1ccccc1.[N-]=[N+]=CC(=O)OC/C=C/c1ccccc1. The van der Waals surface area contributed by atoms with Gasteiger partial charge in [0.1, 0.15) is 6.61 Å². The summed E-state index contributed by atoms with van der Waals surface area (Å²) in [4.78, 5) is 24.4. The van der Waals surface area contributed by atoms with E-state index < -0.39 is 5.97 Å². The molecule has 0 aromatic heterocycles. The van der Waals surface area contributed by atoms with E-state index in [2.05, 4.69) is 21.7 Å². The first-order valence-corrected chi connectivity index (χ1v) is 8.98. The maximum absolute atomic E-state index is 11.2. The Bertz CT molecular complexity index is 889. The van der Waals surface area contributed by atoms with E-state index in [0.29, 0.717) is 24.7 Å². The van der Waals surface area contributed by atoms with Gasteiger partial charge in [-0.3, -0.25) is 4.79 Å². The highest BCUT2D eigenvalue weighted by Gasteiger charge is 2.60. The Morgan fingerprint density at radius 3 is 2.39 bits per heavy atom. The number of esters is 2. The van der Waals surface area contributed by atoms with Gasteiger partial charge in [0.2, 0.25) is 0 Å². The van der Waals surface area contributed by atoms with Crippen molar-refractivity contribution in [1.29, 1.82) is 0 Å². The molecule has 4 rings (SSSR count). The van der Waals surface area contributed by atoms with E-state index in [1.807, 2.05) is 54.6 Å². The second-order valence-corrected chi connectivity index (χ2v) is 6.44. The van der Waals surface area contributed by atoms with Gasteiger partial charge in [0, 0.05) is 11.8 Å². The minimum atomic E-state index is -0.671. The molecule has 2 aromatic rings. The predicted octanol–water partition coefficient (Wildman–Crippen LogP) is 3.12. The standard InChI is InChI=1S/C11H10N2O2.C11H10O2/c12-13-9-11(14)15-8-4-7-10-5-2-1-3-6-10;12-11-10-8(6-13-11)9(10)7-4-2-1-3-5-7/h1-7,9H,8H2;1-5,8-10H,6H2/b7-4+;. The number of rotatable bonds is 5. The molecule has 0 N–H and O–H groups in total. The van der Waals surface area contributed by atoms with E-state index in [4.69, 9.17) is 10.3 Å². The maximum atomic E-state index is 11.2. The van der Waals surface area contributed by atoms with Gasteiger partial charge in [-0.1, -0.05) is 66.7 Å². The lowest BCUT2D eigenvalue weighted by molar-refractivity contribution is -0.141. The van der Waals surface area contributed by atoms with Crippen molar-refractivity contribution in [3.63, 3.8) is 0 Å². The van der Waals surface area contributed by atoms with Gasteiger partial charge in [-0.25, -0.2) is 4.79 Å². The van der Waals surface area contributed by atoms with Crippen LogP contribution in [0.2, 0.25) is 0 Å². The van der Waals surface area contributed by atoms with Crippen LogP contribution in [0.15, 0.2) is 66.7 Å². The molecule has 1 aliphatic heterocycles. The van der Waals surface area contributed by atoms with Crippen LogP contribution >= 0.6 is 0 Å². The number of nitrogens with zero attached hydrogens (tertiary/aromatic N) is 2. The minimum absolute atomic E-state index is 0.00106. The van der Waals surface area contributed by atoms with Crippen molar-refractivity contribution in [1.82, 2.24) is 0 Å². The third-order valence-electron chi connectivity index (χ3n) is 4.64. The number of hydrogen-bond donors (Lipinski definition) is 0. The van der Waals surface area contributed by atoms with Crippen LogP contribution in [0.3, 0.4) is 0 Å². The van der Waals surface area contributed by atoms with Crippen molar-refractivity contribution >= 4 is 24.2 Å². The van der Waals surface area contributed by atoms with E-state index in [1.54, 1.807) is 6.08 Å². The maximum Gasteiger partial charge on any atom is 0.413 e. The molecule has 6 nitrogen and oxygen atoms in total. The summed E-state index contributed by atoms with van der Waals surface area (Å²) in [7, 11) is 0. The lowest BCUT2D eigenvalue weighted by Gasteiger charge is -2.03. The van der Waals surface area contributed by atoms with Crippen molar-refractivity contribution in [2.24, 2.45) is 11.8 Å². The number of hydrogen-bond acceptors (Lipinski definition) is 4. The molecule has 1 heterocycles. The van der Waals surface area contributed by atoms with Crippen LogP contribution in [-0.4, -0.2) is 36.2 Å². The van der Waals surface area contributed by atoms with Crippen LogP contribution in [0, 0.1) is 11.8 Å². The normalized spacial score (nSPS) is 21.6. The fourth-order valence-corrected chi connectivity index (χ4v) is 3.27. The predicted molar refractivity (Wildman–Crippen MR) is 103 cm³/mol. The molecule has 3 atom stereocenters. The fraction of sp³-hybridized carbons (Fsp3) is 0.227. The Morgan fingerprint density at radius 1 is 1.11 bits per heavy atom. The molecule has 2 fully saturated rings. The van der Waals surface area contributed by atoms with Crippen molar-refractivity contribution in [3.05, 3.63) is 83.4 Å². The van der Waals surface area contributed by atoms with Crippen LogP contribution in [0.4, 0.5) is 0 Å². The molecule has 0 amide bonds. The summed E-state index contributed by atoms with van der Waals surface area (Å²) in [6.07, 6.45) is 4.25. The Balaban J connectivity index is 0.000000162. The van der Waals surface area contributed by atoms with Crippen molar-refractivity contribution in [2.45, 2.75) is 5.92 Å². The van der Waals surface area contributed by atoms with Crippen LogP contribution in [0.1, 0.15) is 17.0 Å². The van der Waals surface area contributed by atoms with Gasteiger partial charge in [0.05, 0.1) is 12.5 Å². The smallest absolute Gasteiger partial charge is 0.413 e. The number of benzene rings is 2. The van der Waals surface area contributed by atoms with E-state index in [-0.39, 0.29) is 18.5 Å². The number of carbonyl (C=O) groups is 2. The number of carbonyl (C=O) groups excluding carboxylic acids is 2. The van der Waals surface area contributed by atoms with Gasteiger partial charge in [0.15, 0.2) is 0 Å². The molecule has 2 aromatic carbocycles. The number of ether oxygens (including phenoxy) is 2. The average Bonchev–Trinajstić information content (AvgIpc) is 3.35. The second kappa shape index (κ2) is 9.44. The summed E-state index contributed by atoms with van der Waals surface area (Å²) >= 11 is 0. The van der Waals surface area contributed by atoms with Gasteiger partial charge >= 0.3 is 18.2 Å². The van der Waals surface area contributed by atoms with Crippen LogP contribution in [0.5, 0.6) is 0 Å². The van der Waals surface area contributed by atoms with Crippen molar-refractivity contribution in [3.8, 4) is 0 Å². The lowest BCUT2D eigenvalue weighted by Crippen LogP contribution is -2.05. The number of fused-ring (bicyclic) bond motifs is 1. The molecule has 0 radical (unpaired) electrons. The third kappa shape index (κ3) is 5.02. The Labute approximate surface area is 163 Å². The van der Waals surface area contributed by atoms with Gasteiger partial charge < -0.3 is 15.0 Å². The monoisotopic (exact) mass is 376 g/mol. The lowest BCUT2D eigenvalue weighted by atomic mass is 10.1. The Kier molecular flexibility index (Phi) is 6.50. The van der Waals surface area contributed by atoms with E-state index >= 15 is 0 Å². The molecule has 1 saturated heterocycles. The van der Waals surface area contributed by atoms with Crippen LogP contribution < -0.4 is 0 Å². The molecule has 0 bridgehead atoms. The fourth-order valence-electron chi connectivity index (χ4n) is 3.27. The topological polar surface area (TPSA) is 89.0 Å². The Morgan fingerprint density at radius 2 is 1.79 bits per heavy atom. The third-order valence-corrected chi connectivity index (χ3v) is 4.64.